The Hall–Kier alpha value is -1.08. The van der Waals surface area contributed by atoms with Crippen LogP contribution in [0.3, 0.4) is 0 Å². The minimum absolute atomic E-state index is 0. The van der Waals surface area contributed by atoms with Crippen LogP contribution in [0.15, 0.2) is 24.3 Å². The third kappa shape index (κ3) is 4.30. The fourth-order valence-corrected chi connectivity index (χ4v) is 1.16. The van der Waals surface area contributed by atoms with Crippen LogP contribution in [0.25, 0.3) is 0 Å². The van der Waals surface area contributed by atoms with Crippen molar-refractivity contribution in [1.29, 1.82) is 5.26 Å². The first-order valence-corrected chi connectivity index (χ1v) is 4.56. The smallest absolute Gasteiger partial charge is 0.0991 e. The zero-order chi connectivity index (χ0) is 10.6. The number of benzene rings is 1. The summed E-state index contributed by atoms with van der Waals surface area (Å²) in [7, 11) is 0. The molecule has 15 heavy (non-hydrogen) atoms. The van der Waals surface area contributed by atoms with Gasteiger partial charge < -0.3 is 10.8 Å². The third-order valence-corrected chi connectivity index (χ3v) is 2.17. The largest absolute Gasteiger partial charge is 0.392 e. The highest BCUT2D eigenvalue weighted by Crippen LogP contribution is 2.06. The van der Waals surface area contributed by atoms with Crippen LogP contribution in [0, 0.1) is 11.3 Å². The molecular weight excluding hydrogens is 212 g/mol. The minimum atomic E-state index is -0.509. The van der Waals surface area contributed by atoms with Crippen molar-refractivity contribution < 1.29 is 5.11 Å². The van der Waals surface area contributed by atoms with Gasteiger partial charge in [-0.05, 0) is 31.0 Å². The van der Waals surface area contributed by atoms with E-state index < -0.39 is 6.10 Å². The van der Waals surface area contributed by atoms with Crippen molar-refractivity contribution in [1.82, 2.24) is 0 Å². The van der Waals surface area contributed by atoms with Crippen molar-refractivity contribution in [2.75, 3.05) is 0 Å². The standard InChI is InChI=1S/C11H14N2O.ClH/c1-8(14)11(13)6-9-2-4-10(7-12)5-3-9;/h2-5,8,11,14H,6,13H2,1H3;1H/t8-,11+;/m0./s1. The molecule has 0 amide bonds. The number of halogens is 1. The van der Waals surface area contributed by atoms with Crippen LogP contribution in [0.4, 0.5) is 0 Å². The number of nitrogens with zero attached hydrogens (tertiary/aromatic N) is 1. The molecule has 4 heteroatoms. The second-order valence-electron chi connectivity index (χ2n) is 3.42. The topological polar surface area (TPSA) is 70.0 Å². The van der Waals surface area contributed by atoms with Gasteiger partial charge in [-0.2, -0.15) is 5.26 Å². The molecule has 0 aliphatic carbocycles. The first-order valence-electron chi connectivity index (χ1n) is 4.56. The maximum absolute atomic E-state index is 9.21. The molecule has 2 atom stereocenters. The van der Waals surface area contributed by atoms with Crippen molar-refractivity contribution in [2.24, 2.45) is 5.73 Å². The molecule has 0 fully saturated rings. The van der Waals surface area contributed by atoms with Crippen molar-refractivity contribution in [3.63, 3.8) is 0 Å². The molecule has 0 heterocycles. The van der Waals surface area contributed by atoms with Crippen LogP contribution >= 0.6 is 12.4 Å². The Labute approximate surface area is 95.9 Å². The second-order valence-corrected chi connectivity index (χ2v) is 3.42. The Morgan fingerprint density at radius 1 is 1.40 bits per heavy atom. The lowest BCUT2D eigenvalue weighted by molar-refractivity contribution is 0.163. The average molecular weight is 227 g/mol. The predicted octanol–water partition coefficient (Wildman–Crippen LogP) is 1.23. The summed E-state index contributed by atoms with van der Waals surface area (Å²) >= 11 is 0. The molecule has 0 aliphatic heterocycles. The van der Waals surface area contributed by atoms with Gasteiger partial charge in [-0.15, -0.1) is 12.4 Å². The van der Waals surface area contributed by atoms with Gasteiger partial charge in [0.2, 0.25) is 0 Å². The molecule has 1 rings (SSSR count). The number of aliphatic hydroxyl groups excluding tert-OH is 1. The molecule has 1 aromatic rings. The Kier molecular flexibility index (Phi) is 5.95. The van der Waals surface area contributed by atoms with E-state index in [0.717, 1.165) is 5.56 Å². The fourth-order valence-electron chi connectivity index (χ4n) is 1.16. The molecule has 0 saturated heterocycles. The molecule has 0 unspecified atom stereocenters. The van der Waals surface area contributed by atoms with Gasteiger partial charge in [-0.1, -0.05) is 12.1 Å². The third-order valence-electron chi connectivity index (χ3n) is 2.17. The summed E-state index contributed by atoms with van der Waals surface area (Å²) < 4.78 is 0. The van der Waals surface area contributed by atoms with Gasteiger partial charge in [-0.3, -0.25) is 0 Å². The lowest BCUT2D eigenvalue weighted by Crippen LogP contribution is -2.34. The van der Waals surface area contributed by atoms with E-state index in [1.54, 1.807) is 19.1 Å². The molecule has 0 aliphatic rings. The Morgan fingerprint density at radius 2 is 1.93 bits per heavy atom. The van der Waals surface area contributed by atoms with Gasteiger partial charge in [0.05, 0.1) is 17.7 Å². The summed E-state index contributed by atoms with van der Waals surface area (Å²) in [4.78, 5) is 0. The number of aliphatic hydroxyl groups is 1. The maximum Gasteiger partial charge on any atom is 0.0991 e. The van der Waals surface area contributed by atoms with Crippen molar-refractivity contribution in [3.8, 4) is 6.07 Å². The number of hydrogen-bond donors (Lipinski definition) is 2. The summed E-state index contributed by atoms with van der Waals surface area (Å²) in [5, 5.41) is 17.8. The van der Waals surface area contributed by atoms with Crippen LogP contribution in [0.2, 0.25) is 0 Å². The summed E-state index contributed by atoms with van der Waals surface area (Å²) in [6.45, 7) is 1.67. The lowest BCUT2D eigenvalue weighted by atomic mass is 10.0. The van der Waals surface area contributed by atoms with Crippen molar-refractivity contribution >= 4 is 12.4 Å². The van der Waals surface area contributed by atoms with Crippen molar-refractivity contribution in [2.45, 2.75) is 25.5 Å². The quantitative estimate of drug-likeness (QED) is 0.815. The van der Waals surface area contributed by atoms with Crippen molar-refractivity contribution in [3.05, 3.63) is 35.4 Å². The van der Waals surface area contributed by atoms with Crippen LogP contribution in [-0.2, 0) is 6.42 Å². The van der Waals surface area contributed by atoms with Gasteiger partial charge in [0.1, 0.15) is 0 Å². The predicted molar refractivity (Wildman–Crippen MR) is 61.8 cm³/mol. The molecule has 1 aromatic carbocycles. The molecule has 3 nitrogen and oxygen atoms in total. The van der Waals surface area contributed by atoms with E-state index in [1.165, 1.54) is 0 Å². The van der Waals surface area contributed by atoms with E-state index in [4.69, 9.17) is 11.0 Å². The van der Waals surface area contributed by atoms with E-state index >= 15 is 0 Å². The van der Waals surface area contributed by atoms with E-state index in [9.17, 15) is 5.11 Å². The van der Waals surface area contributed by atoms with E-state index in [0.29, 0.717) is 12.0 Å². The molecule has 0 bridgehead atoms. The number of hydrogen-bond acceptors (Lipinski definition) is 3. The molecule has 0 spiro atoms. The zero-order valence-electron chi connectivity index (χ0n) is 8.55. The van der Waals surface area contributed by atoms with Gasteiger partial charge in [-0.25, -0.2) is 0 Å². The summed E-state index contributed by atoms with van der Waals surface area (Å²) in [6.07, 6.45) is 0.120. The second kappa shape index (κ2) is 6.41. The number of nitrogens with two attached hydrogens (primary N) is 1. The fraction of sp³-hybridized carbons (Fsp3) is 0.364. The zero-order valence-corrected chi connectivity index (χ0v) is 9.37. The monoisotopic (exact) mass is 226 g/mol. The van der Waals surface area contributed by atoms with Gasteiger partial charge in [0, 0.05) is 6.04 Å². The summed E-state index contributed by atoms with van der Waals surface area (Å²) in [6, 6.07) is 9.03. The summed E-state index contributed by atoms with van der Waals surface area (Å²) in [5.74, 6) is 0. The highest BCUT2D eigenvalue weighted by Gasteiger charge is 2.09. The molecule has 0 radical (unpaired) electrons. The lowest BCUT2D eigenvalue weighted by Gasteiger charge is -2.14. The maximum atomic E-state index is 9.21. The number of rotatable bonds is 3. The van der Waals surface area contributed by atoms with Gasteiger partial charge in [0.25, 0.3) is 0 Å². The summed E-state index contributed by atoms with van der Waals surface area (Å²) in [5.41, 5.74) is 7.38. The highest BCUT2D eigenvalue weighted by atomic mass is 35.5. The molecular formula is C11H15ClN2O. The first-order chi connectivity index (χ1) is 6.63. The Bertz CT molecular complexity index is 329. The van der Waals surface area contributed by atoms with E-state index in [1.807, 2.05) is 18.2 Å². The Balaban J connectivity index is 0.00000196. The molecule has 3 N–H and O–H groups in total. The Morgan fingerprint density at radius 3 is 2.33 bits per heavy atom. The first kappa shape index (κ1) is 13.9. The molecule has 0 aromatic heterocycles. The van der Waals surface area contributed by atoms with Crippen LogP contribution in [0.1, 0.15) is 18.1 Å². The normalized spacial score (nSPS) is 13.5. The van der Waals surface area contributed by atoms with E-state index in [2.05, 4.69) is 0 Å². The van der Waals surface area contributed by atoms with Crippen LogP contribution < -0.4 is 5.73 Å². The average Bonchev–Trinajstić information content (AvgIpc) is 2.19. The van der Waals surface area contributed by atoms with Gasteiger partial charge >= 0.3 is 0 Å². The SMILES string of the molecule is C[C@H](O)[C@H](N)Cc1ccc(C#N)cc1.Cl. The molecule has 82 valence electrons. The van der Waals surface area contributed by atoms with E-state index in [-0.39, 0.29) is 18.4 Å². The van der Waals surface area contributed by atoms with Crippen LogP contribution in [0.5, 0.6) is 0 Å². The minimum Gasteiger partial charge on any atom is -0.392 e. The molecule has 0 saturated carbocycles. The van der Waals surface area contributed by atoms with Crippen LogP contribution in [-0.4, -0.2) is 17.3 Å². The van der Waals surface area contributed by atoms with Gasteiger partial charge in [0.15, 0.2) is 0 Å². The number of nitriles is 1. The highest BCUT2D eigenvalue weighted by molar-refractivity contribution is 5.85.